The number of carbonyl (C=O) groups is 1. The maximum atomic E-state index is 10.4. The Morgan fingerprint density at radius 1 is 1.67 bits per heavy atom. The molecule has 0 bridgehead atoms. The first kappa shape index (κ1) is 8.43. The van der Waals surface area contributed by atoms with Crippen molar-refractivity contribution in [2.75, 3.05) is 6.61 Å². The largest absolute Gasteiger partial charge is 0.396 e. The van der Waals surface area contributed by atoms with Gasteiger partial charge in [0.05, 0.1) is 12.5 Å². The molecule has 54 valence electrons. The number of rotatable bonds is 3. The molecule has 0 saturated heterocycles. The fourth-order valence-electron chi connectivity index (χ4n) is 0.629. The number of carbonyl (C=O) groups excluding carboxylic acids is 1. The Morgan fingerprint density at radius 3 is 2.11 bits per heavy atom. The average molecular weight is 131 g/mol. The monoisotopic (exact) mass is 131 g/mol. The van der Waals surface area contributed by atoms with E-state index < -0.39 is 5.91 Å². The standard InChI is InChI=1S/C6H13NO2/c1-4(2)5(3-8)6(7)9/h4-5,8H,3H2,1-2H3,(H2,7,9)/t5-/m1/s1. The highest BCUT2D eigenvalue weighted by atomic mass is 16.3. The maximum absolute atomic E-state index is 10.4. The maximum Gasteiger partial charge on any atom is 0.223 e. The molecule has 0 aromatic carbocycles. The lowest BCUT2D eigenvalue weighted by Gasteiger charge is -2.12. The van der Waals surface area contributed by atoms with Crippen LogP contribution in [0.3, 0.4) is 0 Å². The first-order valence-electron chi connectivity index (χ1n) is 2.99. The van der Waals surface area contributed by atoms with Crippen LogP contribution in [0.25, 0.3) is 0 Å². The SMILES string of the molecule is CC(C)[C@@H](CO)C(N)=O. The van der Waals surface area contributed by atoms with Crippen LogP contribution in [0.2, 0.25) is 0 Å². The third kappa shape index (κ3) is 2.46. The first-order chi connectivity index (χ1) is 4.09. The van der Waals surface area contributed by atoms with Crippen molar-refractivity contribution in [1.82, 2.24) is 0 Å². The van der Waals surface area contributed by atoms with Crippen molar-refractivity contribution in [3.05, 3.63) is 0 Å². The number of aliphatic hydroxyl groups excluding tert-OH is 1. The van der Waals surface area contributed by atoms with Gasteiger partial charge in [-0.3, -0.25) is 4.79 Å². The van der Waals surface area contributed by atoms with Gasteiger partial charge in [-0.05, 0) is 5.92 Å². The zero-order valence-corrected chi connectivity index (χ0v) is 5.79. The molecule has 0 unspecified atom stereocenters. The van der Waals surface area contributed by atoms with E-state index in [4.69, 9.17) is 10.8 Å². The van der Waals surface area contributed by atoms with Gasteiger partial charge in [0.15, 0.2) is 0 Å². The van der Waals surface area contributed by atoms with Gasteiger partial charge in [-0.15, -0.1) is 0 Å². The predicted molar refractivity (Wildman–Crippen MR) is 34.6 cm³/mol. The Balaban J connectivity index is 3.83. The molecular weight excluding hydrogens is 118 g/mol. The van der Waals surface area contributed by atoms with E-state index in [0.29, 0.717) is 0 Å². The van der Waals surface area contributed by atoms with Gasteiger partial charge in [-0.1, -0.05) is 13.8 Å². The van der Waals surface area contributed by atoms with Crippen LogP contribution in [-0.2, 0) is 4.79 Å². The van der Waals surface area contributed by atoms with Crippen LogP contribution in [0.4, 0.5) is 0 Å². The van der Waals surface area contributed by atoms with Crippen molar-refractivity contribution < 1.29 is 9.90 Å². The molecule has 3 nitrogen and oxygen atoms in total. The molecule has 0 aliphatic carbocycles. The van der Waals surface area contributed by atoms with Crippen LogP contribution < -0.4 is 5.73 Å². The molecule has 0 aliphatic heterocycles. The highest BCUT2D eigenvalue weighted by molar-refractivity contribution is 5.76. The van der Waals surface area contributed by atoms with E-state index in [2.05, 4.69) is 0 Å². The molecule has 3 heteroatoms. The molecule has 1 amide bonds. The van der Waals surface area contributed by atoms with Crippen molar-refractivity contribution in [2.24, 2.45) is 17.6 Å². The lowest BCUT2D eigenvalue weighted by molar-refractivity contribution is -0.124. The molecule has 9 heavy (non-hydrogen) atoms. The molecule has 0 radical (unpaired) electrons. The first-order valence-corrected chi connectivity index (χ1v) is 2.99. The summed E-state index contributed by atoms with van der Waals surface area (Å²) in [5.41, 5.74) is 4.95. The predicted octanol–water partition coefficient (Wildman–Crippen LogP) is -0.264. The second kappa shape index (κ2) is 3.45. The van der Waals surface area contributed by atoms with Gasteiger partial charge in [-0.25, -0.2) is 0 Å². The van der Waals surface area contributed by atoms with Gasteiger partial charge in [0.25, 0.3) is 0 Å². The summed E-state index contributed by atoms with van der Waals surface area (Å²) in [4.78, 5) is 10.4. The number of amides is 1. The third-order valence-electron chi connectivity index (χ3n) is 1.37. The minimum absolute atomic E-state index is 0.132. The fraction of sp³-hybridized carbons (Fsp3) is 0.833. The Morgan fingerprint density at radius 2 is 2.11 bits per heavy atom. The topological polar surface area (TPSA) is 63.3 Å². The molecule has 0 aromatic heterocycles. The zero-order chi connectivity index (χ0) is 7.44. The van der Waals surface area contributed by atoms with E-state index in [1.165, 1.54) is 0 Å². The molecule has 0 heterocycles. The Hall–Kier alpha value is -0.570. The van der Waals surface area contributed by atoms with Crippen molar-refractivity contribution in [3.63, 3.8) is 0 Å². The van der Waals surface area contributed by atoms with Gasteiger partial charge in [0.2, 0.25) is 5.91 Å². The molecule has 0 fully saturated rings. The Labute approximate surface area is 54.9 Å². The van der Waals surface area contributed by atoms with Crippen LogP contribution in [0.1, 0.15) is 13.8 Å². The Bertz CT molecular complexity index is 101. The summed E-state index contributed by atoms with van der Waals surface area (Å²) in [6.45, 7) is 3.56. The zero-order valence-electron chi connectivity index (χ0n) is 5.79. The highest BCUT2D eigenvalue weighted by Crippen LogP contribution is 2.07. The quantitative estimate of drug-likeness (QED) is 0.554. The summed E-state index contributed by atoms with van der Waals surface area (Å²) in [6, 6.07) is 0. The van der Waals surface area contributed by atoms with Crippen molar-refractivity contribution in [2.45, 2.75) is 13.8 Å². The number of aliphatic hydroxyl groups is 1. The lowest BCUT2D eigenvalue weighted by Crippen LogP contribution is -2.30. The van der Waals surface area contributed by atoms with E-state index in [-0.39, 0.29) is 18.4 Å². The molecule has 3 N–H and O–H groups in total. The van der Waals surface area contributed by atoms with Crippen LogP contribution in [0.15, 0.2) is 0 Å². The van der Waals surface area contributed by atoms with Gasteiger partial charge < -0.3 is 10.8 Å². The number of nitrogens with two attached hydrogens (primary N) is 1. The number of hydrogen-bond donors (Lipinski definition) is 2. The van der Waals surface area contributed by atoms with Gasteiger partial charge in [0, 0.05) is 0 Å². The van der Waals surface area contributed by atoms with E-state index in [1.54, 1.807) is 0 Å². The molecule has 1 atom stereocenters. The lowest BCUT2D eigenvalue weighted by atomic mass is 9.96. The summed E-state index contributed by atoms with van der Waals surface area (Å²) in [5.74, 6) is -0.676. The van der Waals surface area contributed by atoms with E-state index in [0.717, 1.165) is 0 Å². The summed E-state index contributed by atoms with van der Waals surface area (Å²) in [5, 5.41) is 8.57. The fourth-order valence-corrected chi connectivity index (χ4v) is 0.629. The molecule has 0 aliphatic rings. The molecular formula is C6H13NO2. The third-order valence-corrected chi connectivity index (χ3v) is 1.37. The van der Waals surface area contributed by atoms with Gasteiger partial charge >= 0.3 is 0 Å². The summed E-state index contributed by atoms with van der Waals surface area (Å²) >= 11 is 0. The van der Waals surface area contributed by atoms with Crippen LogP contribution in [0, 0.1) is 11.8 Å². The molecule has 0 rings (SSSR count). The van der Waals surface area contributed by atoms with Crippen LogP contribution in [-0.4, -0.2) is 17.6 Å². The van der Waals surface area contributed by atoms with Crippen molar-refractivity contribution >= 4 is 5.91 Å². The molecule has 0 aromatic rings. The van der Waals surface area contributed by atoms with E-state index in [1.807, 2.05) is 13.8 Å². The second-order valence-electron chi connectivity index (χ2n) is 2.44. The van der Waals surface area contributed by atoms with Crippen LogP contribution in [0.5, 0.6) is 0 Å². The summed E-state index contributed by atoms with van der Waals surface area (Å²) in [6.07, 6.45) is 0. The minimum Gasteiger partial charge on any atom is -0.396 e. The Kier molecular flexibility index (Phi) is 3.24. The summed E-state index contributed by atoms with van der Waals surface area (Å²) in [7, 11) is 0. The van der Waals surface area contributed by atoms with Gasteiger partial charge in [0.1, 0.15) is 0 Å². The normalized spacial score (nSPS) is 13.8. The van der Waals surface area contributed by atoms with Crippen molar-refractivity contribution in [3.8, 4) is 0 Å². The second-order valence-corrected chi connectivity index (χ2v) is 2.44. The smallest absolute Gasteiger partial charge is 0.223 e. The summed E-state index contributed by atoms with van der Waals surface area (Å²) < 4.78 is 0. The molecule has 0 spiro atoms. The van der Waals surface area contributed by atoms with E-state index >= 15 is 0 Å². The number of primary amides is 1. The highest BCUT2D eigenvalue weighted by Gasteiger charge is 2.17. The minimum atomic E-state index is -0.424. The van der Waals surface area contributed by atoms with Gasteiger partial charge in [-0.2, -0.15) is 0 Å². The van der Waals surface area contributed by atoms with Crippen molar-refractivity contribution in [1.29, 1.82) is 0 Å². The number of hydrogen-bond acceptors (Lipinski definition) is 2. The van der Waals surface area contributed by atoms with E-state index in [9.17, 15) is 4.79 Å². The molecule has 0 saturated carbocycles. The van der Waals surface area contributed by atoms with Crippen LogP contribution >= 0.6 is 0 Å². The average Bonchev–Trinajstić information content (AvgIpc) is 1.64.